The zero-order valence-corrected chi connectivity index (χ0v) is 14.9. The third-order valence-electron chi connectivity index (χ3n) is 5.57. The molecular weight excluding hydrogens is 332 g/mol. The van der Waals surface area contributed by atoms with E-state index in [0.717, 1.165) is 16.7 Å². The van der Waals surface area contributed by atoms with Gasteiger partial charge in [-0.2, -0.15) is 0 Å². The lowest BCUT2D eigenvalue weighted by Crippen LogP contribution is -2.54. The Balaban J connectivity index is 1.89. The molecule has 2 aromatic carbocycles. The molecule has 4 atom stereocenters. The van der Waals surface area contributed by atoms with E-state index in [1.165, 1.54) is 7.11 Å². The number of phenols is 1. The maximum atomic E-state index is 12.6. The molecule has 0 amide bonds. The number of phenolic OH excluding ortho intramolecular Hbond substituents is 1. The minimum absolute atomic E-state index is 0.126. The van der Waals surface area contributed by atoms with Crippen molar-refractivity contribution in [2.75, 3.05) is 7.11 Å². The number of fused-ring (bicyclic) bond motifs is 3. The number of rotatable bonds is 2. The lowest BCUT2D eigenvalue weighted by Gasteiger charge is -2.51. The Labute approximate surface area is 151 Å². The number of hydrogen-bond donors (Lipinski definition) is 1. The zero-order chi connectivity index (χ0) is 18.6. The minimum atomic E-state index is -0.668. The van der Waals surface area contributed by atoms with Crippen molar-refractivity contribution in [3.8, 4) is 11.5 Å². The molecule has 1 saturated carbocycles. The molecule has 0 spiro atoms. The van der Waals surface area contributed by atoms with Gasteiger partial charge in [-0.05, 0) is 37.1 Å². The van der Waals surface area contributed by atoms with Gasteiger partial charge >= 0.3 is 11.9 Å². The number of ether oxygens (including phenoxy) is 2. The molecule has 1 heterocycles. The summed E-state index contributed by atoms with van der Waals surface area (Å²) in [6.07, 6.45) is 0. The van der Waals surface area contributed by atoms with E-state index in [0.29, 0.717) is 11.3 Å². The Morgan fingerprint density at radius 2 is 1.65 bits per heavy atom. The van der Waals surface area contributed by atoms with Crippen molar-refractivity contribution in [2.45, 2.75) is 25.7 Å². The molecule has 0 unspecified atom stereocenters. The lowest BCUT2D eigenvalue weighted by molar-refractivity contribution is -0.167. The third kappa shape index (κ3) is 2.30. The molecule has 2 aliphatic rings. The van der Waals surface area contributed by atoms with Crippen LogP contribution in [0.5, 0.6) is 11.5 Å². The van der Waals surface area contributed by atoms with Crippen LogP contribution in [-0.4, -0.2) is 24.2 Å². The summed E-state index contributed by atoms with van der Waals surface area (Å²) in [6, 6.07) is 11.0. The van der Waals surface area contributed by atoms with Crippen molar-refractivity contribution in [2.24, 2.45) is 11.8 Å². The summed E-state index contributed by atoms with van der Waals surface area (Å²) in [5.74, 6) is -2.03. The van der Waals surface area contributed by atoms with Crippen LogP contribution in [0.25, 0.3) is 0 Å². The summed E-state index contributed by atoms with van der Waals surface area (Å²) in [4.78, 5) is 25.0. The normalized spacial score (nSPS) is 26.2. The van der Waals surface area contributed by atoms with Gasteiger partial charge in [-0.3, -0.25) is 9.59 Å². The average molecular weight is 352 g/mol. The van der Waals surface area contributed by atoms with Gasteiger partial charge in [0.05, 0.1) is 18.9 Å². The quantitative estimate of drug-likeness (QED) is 0.664. The standard InChI is InChI=1S/C21H20O5/c1-10-4-6-14(22)12(8-10)16-17-13-9-11(2)5-7-15(13)26-21(24)19(17)18(16)20(23)25-3/h4-9,16-19,22H,1-3H3/t16-,17-,18-,19-/m0/s1. The van der Waals surface area contributed by atoms with Gasteiger partial charge in [-0.1, -0.05) is 35.4 Å². The van der Waals surface area contributed by atoms with E-state index in [2.05, 4.69) is 0 Å². The predicted octanol–water partition coefficient (Wildman–Crippen LogP) is 3.21. The number of esters is 2. The van der Waals surface area contributed by atoms with Crippen LogP contribution in [0, 0.1) is 25.7 Å². The van der Waals surface area contributed by atoms with E-state index in [9.17, 15) is 14.7 Å². The second-order valence-electron chi connectivity index (χ2n) is 7.15. The summed E-state index contributed by atoms with van der Waals surface area (Å²) in [5, 5.41) is 10.4. The van der Waals surface area contributed by atoms with Gasteiger partial charge < -0.3 is 14.6 Å². The summed E-state index contributed by atoms with van der Waals surface area (Å²) >= 11 is 0. The van der Waals surface area contributed by atoms with Gasteiger partial charge in [0.2, 0.25) is 0 Å². The molecule has 2 aromatic rings. The molecule has 1 fully saturated rings. The Kier molecular flexibility index (Phi) is 3.75. The van der Waals surface area contributed by atoms with Crippen LogP contribution in [0.3, 0.4) is 0 Å². The average Bonchev–Trinajstić information content (AvgIpc) is 2.58. The molecule has 0 radical (unpaired) electrons. The van der Waals surface area contributed by atoms with Crippen molar-refractivity contribution >= 4 is 11.9 Å². The Morgan fingerprint density at radius 3 is 2.35 bits per heavy atom. The summed E-state index contributed by atoms with van der Waals surface area (Å²) in [7, 11) is 1.31. The SMILES string of the molecule is COC(=O)[C@@H]1[C@H]2C(=O)Oc3ccc(C)cc3[C@H]2[C@@H]1c1cc(C)ccc1O. The summed E-state index contributed by atoms with van der Waals surface area (Å²) in [6.45, 7) is 3.90. The lowest BCUT2D eigenvalue weighted by atomic mass is 9.51. The van der Waals surface area contributed by atoms with Gasteiger partial charge in [0.15, 0.2) is 0 Å². The summed E-state index contributed by atoms with van der Waals surface area (Å²) < 4.78 is 10.4. The monoisotopic (exact) mass is 352 g/mol. The van der Waals surface area contributed by atoms with Crippen LogP contribution in [0.2, 0.25) is 0 Å². The fourth-order valence-electron chi connectivity index (χ4n) is 4.38. The molecule has 1 N–H and O–H groups in total. The van der Waals surface area contributed by atoms with Crippen molar-refractivity contribution in [1.82, 2.24) is 0 Å². The highest BCUT2D eigenvalue weighted by molar-refractivity contribution is 5.90. The van der Waals surface area contributed by atoms with Gasteiger partial charge in [0, 0.05) is 11.8 Å². The molecule has 5 nitrogen and oxygen atoms in total. The van der Waals surface area contributed by atoms with E-state index >= 15 is 0 Å². The highest BCUT2D eigenvalue weighted by Crippen LogP contribution is 2.63. The molecule has 1 aliphatic carbocycles. The van der Waals surface area contributed by atoms with Crippen LogP contribution >= 0.6 is 0 Å². The number of carbonyl (C=O) groups is 2. The number of benzene rings is 2. The molecule has 0 bridgehead atoms. The van der Waals surface area contributed by atoms with Crippen LogP contribution in [0.1, 0.15) is 34.1 Å². The smallest absolute Gasteiger partial charge is 0.315 e. The Bertz CT molecular complexity index is 917. The van der Waals surface area contributed by atoms with Gasteiger partial charge in [-0.15, -0.1) is 0 Å². The highest BCUT2D eigenvalue weighted by atomic mass is 16.5. The number of hydrogen-bond acceptors (Lipinski definition) is 5. The van der Waals surface area contributed by atoms with E-state index in [1.54, 1.807) is 12.1 Å². The third-order valence-corrected chi connectivity index (χ3v) is 5.57. The first kappa shape index (κ1) is 16.6. The van der Waals surface area contributed by atoms with Gasteiger partial charge in [-0.25, -0.2) is 0 Å². The van der Waals surface area contributed by atoms with E-state index in [-0.39, 0.29) is 17.6 Å². The number of aromatic hydroxyl groups is 1. The maximum Gasteiger partial charge on any atom is 0.315 e. The molecule has 5 heteroatoms. The molecule has 0 aromatic heterocycles. The predicted molar refractivity (Wildman–Crippen MR) is 94.1 cm³/mol. The van der Waals surface area contributed by atoms with Gasteiger partial charge in [0.1, 0.15) is 11.5 Å². The maximum absolute atomic E-state index is 12.6. The molecule has 4 rings (SSSR count). The summed E-state index contributed by atoms with van der Waals surface area (Å²) in [5.41, 5.74) is 3.60. The van der Waals surface area contributed by atoms with E-state index in [4.69, 9.17) is 9.47 Å². The molecule has 1 aliphatic heterocycles. The number of methoxy groups -OCH3 is 1. The van der Waals surface area contributed by atoms with Crippen molar-refractivity contribution in [3.05, 3.63) is 58.7 Å². The first-order valence-corrected chi connectivity index (χ1v) is 8.62. The van der Waals surface area contributed by atoms with Crippen LogP contribution < -0.4 is 4.74 Å². The molecule has 26 heavy (non-hydrogen) atoms. The van der Waals surface area contributed by atoms with Crippen LogP contribution in [-0.2, 0) is 14.3 Å². The topological polar surface area (TPSA) is 72.8 Å². The van der Waals surface area contributed by atoms with Crippen molar-refractivity contribution in [1.29, 1.82) is 0 Å². The van der Waals surface area contributed by atoms with E-state index in [1.807, 2.05) is 38.1 Å². The van der Waals surface area contributed by atoms with Crippen LogP contribution in [0.4, 0.5) is 0 Å². The van der Waals surface area contributed by atoms with Crippen LogP contribution in [0.15, 0.2) is 36.4 Å². The second kappa shape index (κ2) is 5.87. The largest absolute Gasteiger partial charge is 0.508 e. The molecule has 134 valence electrons. The fraction of sp³-hybridized carbons (Fsp3) is 0.333. The first-order valence-electron chi connectivity index (χ1n) is 8.62. The minimum Gasteiger partial charge on any atom is -0.508 e. The molecule has 0 saturated heterocycles. The highest BCUT2D eigenvalue weighted by Gasteiger charge is 2.62. The number of aryl methyl sites for hydroxylation is 2. The van der Waals surface area contributed by atoms with E-state index < -0.39 is 23.8 Å². The first-order chi connectivity index (χ1) is 12.4. The Morgan fingerprint density at radius 1 is 1.00 bits per heavy atom. The molecular formula is C21H20O5. The number of carbonyl (C=O) groups excluding carboxylic acids is 2. The van der Waals surface area contributed by atoms with Crippen molar-refractivity contribution < 1.29 is 24.2 Å². The Hall–Kier alpha value is -2.82. The fourth-order valence-corrected chi connectivity index (χ4v) is 4.38. The second-order valence-corrected chi connectivity index (χ2v) is 7.15. The van der Waals surface area contributed by atoms with Gasteiger partial charge in [0.25, 0.3) is 0 Å². The van der Waals surface area contributed by atoms with Crippen molar-refractivity contribution in [3.63, 3.8) is 0 Å². The zero-order valence-electron chi connectivity index (χ0n) is 14.9.